The van der Waals surface area contributed by atoms with Gasteiger partial charge in [0.15, 0.2) is 5.96 Å². The molecule has 0 saturated heterocycles. The summed E-state index contributed by atoms with van der Waals surface area (Å²) in [7, 11) is 0. The largest absolute Gasteiger partial charge is 0.370 e. The van der Waals surface area contributed by atoms with E-state index in [9.17, 15) is 0 Å². The number of nitrogens with one attached hydrogen (secondary N) is 1. The number of hydrogen-bond donors (Lipinski definition) is 2. The van der Waals surface area contributed by atoms with Crippen molar-refractivity contribution in [1.29, 1.82) is 0 Å². The van der Waals surface area contributed by atoms with Gasteiger partial charge < -0.3 is 11.1 Å². The molecule has 3 nitrogen and oxygen atoms in total. The maximum Gasteiger partial charge on any atom is 0.193 e. The third-order valence-corrected chi connectivity index (χ3v) is 4.53. The molecule has 2 rings (SSSR count). The van der Waals surface area contributed by atoms with Crippen molar-refractivity contribution in [2.75, 3.05) is 18.1 Å². The Kier molecular flexibility index (Phi) is 5.14. The average molecular weight is 277 g/mol. The molecule has 0 amide bonds. The Bertz CT molecular complexity index is 457. The number of benzene rings is 1. The van der Waals surface area contributed by atoms with Crippen LogP contribution in [0.3, 0.4) is 0 Å². The first-order valence-corrected chi connectivity index (χ1v) is 8.20. The minimum Gasteiger partial charge on any atom is -0.370 e. The molecule has 1 aromatic rings. The maximum absolute atomic E-state index is 5.97. The monoisotopic (exact) mass is 277 g/mol. The van der Waals surface area contributed by atoms with Gasteiger partial charge in [-0.25, -0.2) is 0 Å². The Balaban J connectivity index is 2.06. The summed E-state index contributed by atoms with van der Waals surface area (Å²) in [5, 5.41) is 3.77. The van der Waals surface area contributed by atoms with E-state index in [-0.39, 0.29) is 0 Å². The number of hydrogen-bond acceptors (Lipinski definition) is 2. The first-order valence-electron chi connectivity index (χ1n) is 6.91. The van der Waals surface area contributed by atoms with Crippen molar-refractivity contribution in [2.24, 2.45) is 10.7 Å². The second-order valence-electron chi connectivity index (χ2n) is 5.05. The van der Waals surface area contributed by atoms with Gasteiger partial charge in [-0.15, -0.1) is 0 Å². The van der Waals surface area contributed by atoms with Gasteiger partial charge >= 0.3 is 0 Å². The van der Waals surface area contributed by atoms with E-state index in [2.05, 4.69) is 41.7 Å². The number of nitrogens with zero attached hydrogens (tertiary/aromatic N) is 1. The van der Waals surface area contributed by atoms with Crippen molar-refractivity contribution >= 4 is 23.4 Å². The first kappa shape index (κ1) is 14.3. The summed E-state index contributed by atoms with van der Waals surface area (Å²) in [5.74, 6) is 0.528. The van der Waals surface area contributed by atoms with E-state index in [1.165, 1.54) is 30.4 Å². The number of anilines is 1. The van der Waals surface area contributed by atoms with Crippen molar-refractivity contribution in [1.82, 2.24) is 0 Å². The Labute approximate surface area is 120 Å². The van der Waals surface area contributed by atoms with Crippen LogP contribution in [0, 0.1) is 0 Å². The Morgan fingerprint density at radius 3 is 3.00 bits per heavy atom. The van der Waals surface area contributed by atoms with Crippen molar-refractivity contribution in [3.8, 4) is 0 Å². The minimum absolute atomic E-state index is 0.505. The molecule has 4 heteroatoms. The van der Waals surface area contributed by atoms with Crippen LogP contribution in [-0.2, 0) is 12.8 Å². The summed E-state index contributed by atoms with van der Waals surface area (Å²) >= 11 is 1.81. The number of aliphatic imine (C=N–C) groups is 1. The fraction of sp³-hybridized carbons (Fsp3) is 0.533. The van der Waals surface area contributed by atoms with Crippen molar-refractivity contribution in [3.63, 3.8) is 0 Å². The van der Waals surface area contributed by atoms with Crippen molar-refractivity contribution in [2.45, 2.75) is 37.9 Å². The predicted octanol–water partition coefficient (Wildman–Crippen LogP) is 3.04. The molecule has 0 fully saturated rings. The van der Waals surface area contributed by atoms with Crippen LogP contribution in [0.1, 0.15) is 30.9 Å². The molecule has 0 radical (unpaired) electrons. The van der Waals surface area contributed by atoms with Crippen LogP contribution in [0.4, 0.5) is 5.69 Å². The number of thioether (sulfide) groups is 1. The normalized spacial score (nSPS) is 16.8. The SMILES string of the molecule is CSC(C)CN=C(N)Nc1cccc2c1CCCC2. The lowest BCUT2D eigenvalue weighted by molar-refractivity contribution is 0.687. The topological polar surface area (TPSA) is 50.4 Å². The van der Waals surface area contributed by atoms with Crippen LogP contribution in [0.25, 0.3) is 0 Å². The zero-order chi connectivity index (χ0) is 13.7. The molecule has 3 N–H and O–H groups in total. The lowest BCUT2D eigenvalue weighted by Crippen LogP contribution is -2.25. The van der Waals surface area contributed by atoms with Crippen molar-refractivity contribution in [3.05, 3.63) is 29.3 Å². The highest BCUT2D eigenvalue weighted by atomic mass is 32.2. The highest BCUT2D eigenvalue weighted by molar-refractivity contribution is 7.99. The molecule has 0 aromatic heterocycles. The average Bonchev–Trinajstić information content (AvgIpc) is 2.45. The predicted molar refractivity (Wildman–Crippen MR) is 86.2 cm³/mol. The van der Waals surface area contributed by atoms with Gasteiger partial charge in [-0.1, -0.05) is 19.1 Å². The molecule has 1 aromatic carbocycles. The van der Waals surface area contributed by atoms with Crippen LogP contribution >= 0.6 is 11.8 Å². The van der Waals surface area contributed by atoms with Crippen LogP contribution in [0.2, 0.25) is 0 Å². The number of aryl methyl sites for hydroxylation is 1. The van der Waals surface area contributed by atoms with Gasteiger partial charge in [0.25, 0.3) is 0 Å². The highest BCUT2D eigenvalue weighted by Crippen LogP contribution is 2.27. The Morgan fingerprint density at radius 1 is 1.42 bits per heavy atom. The Morgan fingerprint density at radius 2 is 2.21 bits per heavy atom. The third kappa shape index (κ3) is 3.90. The quantitative estimate of drug-likeness (QED) is 0.657. The van der Waals surface area contributed by atoms with E-state index >= 15 is 0 Å². The summed E-state index contributed by atoms with van der Waals surface area (Å²) in [6.45, 7) is 2.92. The van der Waals surface area contributed by atoms with Gasteiger partial charge in [-0.2, -0.15) is 11.8 Å². The minimum atomic E-state index is 0.505. The number of nitrogens with two attached hydrogens (primary N) is 1. The first-order chi connectivity index (χ1) is 9.20. The molecule has 1 aliphatic rings. The fourth-order valence-corrected chi connectivity index (χ4v) is 2.60. The van der Waals surface area contributed by atoms with Gasteiger partial charge in [-0.05, 0) is 49.1 Å². The molecular formula is C15H23N3S. The molecular weight excluding hydrogens is 254 g/mol. The lowest BCUT2D eigenvalue weighted by Gasteiger charge is -2.20. The van der Waals surface area contributed by atoms with Crippen LogP contribution in [0.15, 0.2) is 23.2 Å². The second-order valence-corrected chi connectivity index (χ2v) is 6.32. The number of fused-ring (bicyclic) bond motifs is 1. The third-order valence-electron chi connectivity index (χ3n) is 3.58. The van der Waals surface area contributed by atoms with E-state index in [0.717, 1.165) is 18.7 Å². The Hall–Kier alpha value is -1.16. The molecule has 0 aliphatic heterocycles. The van der Waals surface area contributed by atoms with Crippen LogP contribution in [0.5, 0.6) is 0 Å². The van der Waals surface area contributed by atoms with E-state index in [1.807, 2.05) is 0 Å². The summed E-state index contributed by atoms with van der Waals surface area (Å²) in [5.41, 5.74) is 9.99. The van der Waals surface area contributed by atoms with Gasteiger partial charge in [0.1, 0.15) is 0 Å². The summed E-state index contributed by atoms with van der Waals surface area (Å²) < 4.78 is 0. The molecule has 0 saturated carbocycles. The molecule has 104 valence electrons. The summed E-state index contributed by atoms with van der Waals surface area (Å²) in [6.07, 6.45) is 6.99. The molecule has 1 unspecified atom stereocenters. The summed E-state index contributed by atoms with van der Waals surface area (Å²) in [4.78, 5) is 4.40. The zero-order valence-corrected chi connectivity index (χ0v) is 12.6. The van der Waals surface area contributed by atoms with E-state index in [4.69, 9.17) is 5.73 Å². The van der Waals surface area contributed by atoms with Gasteiger partial charge in [0, 0.05) is 10.9 Å². The zero-order valence-electron chi connectivity index (χ0n) is 11.8. The van der Waals surface area contributed by atoms with E-state index < -0.39 is 0 Å². The fourth-order valence-electron chi connectivity index (χ4n) is 2.38. The number of rotatable bonds is 4. The van der Waals surface area contributed by atoms with Crippen molar-refractivity contribution < 1.29 is 0 Å². The standard InChI is InChI=1S/C15H23N3S/c1-11(19-2)10-17-15(16)18-14-9-5-7-12-6-3-4-8-13(12)14/h5,7,9,11H,3-4,6,8,10H2,1-2H3,(H3,16,17,18). The molecule has 0 heterocycles. The molecule has 1 aliphatic carbocycles. The highest BCUT2D eigenvalue weighted by Gasteiger charge is 2.13. The second kappa shape index (κ2) is 6.85. The summed E-state index contributed by atoms with van der Waals surface area (Å²) in [6, 6.07) is 6.43. The van der Waals surface area contributed by atoms with Crippen LogP contribution < -0.4 is 11.1 Å². The smallest absolute Gasteiger partial charge is 0.193 e. The van der Waals surface area contributed by atoms with Gasteiger partial charge in [0.05, 0.1) is 6.54 Å². The van der Waals surface area contributed by atoms with E-state index in [1.54, 1.807) is 11.8 Å². The lowest BCUT2D eigenvalue weighted by atomic mass is 9.90. The molecule has 19 heavy (non-hydrogen) atoms. The van der Waals surface area contributed by atoms with E-state index in [0.29, 0.717) is 11.2 Å². The maximum atomic E-state index is 5.97. The van der Waals surface area contributed by atoms with Gasteiger partial charge in [-0.3, -0.25) is 4.99 Å². The number of guanidine groups is 1. The van der Waals surface area contributed by atoms with Gasteiger partial charge in [0.2, 0.25) is 0 Å². The molecule has 1 atom stereocenters. The molecule has 0 bridgehead atoms. The molecule has 0 spiro atoms. The van der Waals surface area contributed by atoms with Crippen LogP contribution in [-0.4, -0.2) is 24.0 Å².